The van der Waals surface area contributed by atoms with Gasteiger partial charge in [0.2, 0.25) is 15.9 Å². The molecule has 4 rings (SSSR count). The lowest BCUT2D eigenvalue weighted by molar-refractivity contribution is 0.124. The van der Waals surface area contributed by atoms with Crippen LogP contribution >= 0.6 is 0 Å². The molecule has 0 spiro atoms. The predicted octanol–water partition coefficient (Wildman–Crippen LogP) is 3.48. The van der Waals surface area contributed by atoms with Gasteiger partial charge in [0, 0.05) is 23.7 Å². The molecule has 1 unspecified atom stereocenters. The van der Waals surface area contributed by atoms with Crippen molar-refractivity contribution in [1.29, 1.82) is 0 Å². The van der Waals surface area contributed by atoms with Gasteiger partial charge in [0.15, 0.2) is 0 Å². The van der Waals surface area contributed by atoms with E-state index in [1.165, 1.54) is 4.31 Å². The first kappa shape index (κ1) is 18.8. The highest BCUT2D eigenvalue weighted by molar-refractivity contribution is 7.89. The SMILES string of the molecule is Cc1cc(OC2CCCN(S(=O)(=O)c3cccc4ccccc34)C2)nc(C)n1. The lowest BCUT2D eigenvalue weighted by Gasteiger charge is -2.32. The van der Waals surface area contributed by atoms with E-state index in [4.69, 9.17) is 4.74 Å². The average molecular weight is 398 g/mol. The molecule has 1 aromatic heterocycles. The number of benzene rings is 2. The fourth-order valence-corrected chi connectivity index (χ4v) is 5.42. The number of hydrogen-bond donors (Lipinski definition) is 0. The molecule has 2 aromatic carbocycles. The van der Waals surface area contributed by atoms with Crippen LogP contribution in [0.4, 0.5) is 0 Å². The summed E-state index contributed by atoms with van der Waals surface area (Å²) in [7, 11) is -3.61. The van der Waals surface area contributed by atoms with Crippen molar-refractivity contribution in [1.82, 2.24) is 14.3 Å². The van der Waals surface area contributed by atoms with Crippen molar-refractivity contribution in [2.75, 3.05) is 13.1 Å². The summed E-state index contributed by atoms with van der Waals surface area (Å²) < 4.78 is 34.2. The number of piperidine rings is 1. The summed E-state index contributed by atoms with van der Waals surface area (Å²) in [5.74, 6) is 1.14. The lowest BCUT2D eigenvalue weighted by Crippen LogP contribution is -2.44. The van der Waals surface area contributed by atoms with E-state index in [1.807, 2.05) is 44.2 Å². The molecule has 0 bridgehead atoms. The van der Waals surface area contributed by atoms with Gasteiger partial charge in [0.1, 0.15) is 11.9 Å². The Balaban J connectivity index is 1.59. The second kappa shape index (κ2) is 7.48. The van der Waals surface area contributed by atoms with Crippen molar-refractivity contribution in [2.24, 2.45) is 0 Å². The first-order chi connectivity index (χ1) is 13.4. The summed E-state index contributed by atoms with van der Waals surface area (Å²) in [4.78, 5) is 8.91. The van der Waals surface area contributed by atoms with Gasteiger partial charge in [-0.25, -0.2) is 13.4 Å². The predicted molar refractivity (Wildman–Crippen MR) is 108 cm³/mol. The van der Waals surface area contributed by atoms with E-state index in [0.717, 1.165) is 29.3 Å². The Hall–Kier alpha value is -2.51. The van der Waals surface area contributed by atoms with Gasteiger partial charge in [0.25, 0.3) is 0 Å². The minimum absolute atomic E-state index is 0.229. The minimum atomic E-state index is -3.61. The monoisotopic (exact) mass is 397 g/mol. The van der Waals surface area contributed by atoms with Crippen molar-refractivity contribution in [3.63, 3.8) is 0 Å². The summed E-state index contributed by atoms with van der Waals surface area (Å²) in [6.07, 6.45) is 1.31. The Kier molecular flexibility index (Phi) is 5.03. The van der Waals surface area contributed by atoms with E-state index in [-0.39, 0.29) is 6.10 Å². The molecule has 1 fully saturated rings. The Morgan fingerprint density at radius 3 is 2.68 bits per heavy atom. The molecule has 0 amide bonds. The summed E-state index contributed by atoms with van der Waals surface area (Å²) in [6, 6.07) is 14.7. The van der Waals surface area contributed by atoms with Crippen LogP contribution in [-0.4, -0.2) is 41.9 Å². The molecule has 1 aliphatic rings. The van der Waals surface area contributed by atoms with Gasteiger partial charge in [0.05, 0.1) is 11.4 Å². The third-order valence-electron chi connectivity index (χ3n) is 4.94. The van der Waals surface area contributed by atoms with Crippen molar-refractivity contribution in [2.45, 2.75) is 37.7 Å². The van der Waals surface area contributed by atoms with Gasteiger partial charge in [-0.1, -0.05) is 36.4 Å². The maximum absolute atomic E-state index is 13.4. The highest BCUT2D eigenvalue weighted by atomic mass is 32.2. The highest BCUT2D eigenvalue weighted by Gasteiger charge is 2.32. The highest BCUT2D eigenvalue weighted by Crippen LogP contribution is 2.28. The molecular weight excluding hydrogens is 374 g/mol. The second-order valence-corrected chi connectivity index (χ2v) is 9.02. The molecule has 0 aliphatic carbocycles. The first-order valence-electron chi connectivity index (χ1n) is 9.40. The number of fused-ring (bicyclic) bond motifs is 1. The summed E-state index contributed by atoms with van der Waals surface area (Å²) in [5, 5.41) is 1.66. The number of aryl methyl sites for hydroxylation is 2. The zero-order valence-corrected chi connectivity index (χ0v) is 16.8. The minimum Gasteiger partial charge on any atom is -0.473 e. The molecule has 7 heteroatoms. The quantitative estimate of drug-likeness (QED) is 0.674. The summed E-state index contributed by atoms with van der Waals surface area (Å²) in [5.41, 5.74) is 0.832. The largest absolute Gasteiger partial charge is 0.473 e. The van der Waals surface area contributed by atoms with Crippen LogP contribution in [0.15, 0.2) is 53.4 Å². The molecule has 2 heterocycles. The molecule has 0 N–H and O–H groups in total. The van der Waals surface area contributed by atoms with Crippen LogP contribution in [0.1, 0.15) is 24.4 Å². The van der Waals surface area contributed by atoms with Crippen LogP contribution in [0, 0.1) is 13.8 Å². The van der Waals surface area contributed by atoms with Crippen LogP contribution in [0.5, 0.6) is 5.88 Å². The number of ether oxygens (including phenoxy) is 1. The Bertz CT molecular complexity index is 1090. The van der Waals surface area contributed by atoms with Crippen molar-refractivity contribution >= 4 is 20.8 Å². The van der Waals surface area contributed by atoms with E-state index >= 15 is 0 Å². The summed E-state index contributed by atoms with van der Waals surface area (Å²) in [6.45, 7) is 4.51. The van der Waals surface area contributed by atoms with Crippen LogP contribution in [0.3, 0.4) is 0 Å². The van der Waals surface area contributed by atoms with Crippen molar-refractivity contribution in [3.8, 4) is 5.88 Å². The topological polar surface area (TPSA) is 72.4 Å². The lowest BCUT2D eigenvalue weighted by atomic mass is 10.1. The number of hydrogen-bond acceptors (Lipinski definition) is 5. The molecule has 1 saturated heterocycles. The standard InChI is InChI=1S/C21H23N3O3S/c1-15-13-21(23-16(2)22-15)27-18-9-6-12-24(14-18)28(25,26)20-11-5-8-17-7-3-4-10-19(17)20/h3-5,7-8,10-11,13,18H,6,9,12,14H2,1-2H3. The Labute approximate surface area is 165 Å². The fraction of sp³-hybridized carbons (Fsp3) is 0.333. The summed E-state index contributed by atoms with van der Waals surface area (Å²) >= 11 is 0. The second-order valence-electron chi connectivity index (χ2n) is 7.12. The van der Waals surface area contributed by atoms with Crippen molar-refractivity contribution in [3.05, 3.63) is 60.0 Å². The number of sulfonamides is 1. The maximum Gasteiger partial charge on any atom is 0.243 e. The van der Waals surface area contributed by atoms with E-state index in [2.05, 4.69) is 9.97 Å². The molecule has 0 radical (unpaired) electrons. The normalized spacial score (nSPS) is 18.3. The molecule has 28 heavy (non-hydrogen) atoms. The number of nitrogens with zero attached hydrogens (tertiary/aromatic N) is 3. The van der Waals surface area contributed by atoms with Gasteiger partial charge in [-0.15, -0.1) is 0 Å². The number of aromatic nitrogens is 2. The zero-order valence-electron chi connectivity index (χ0n) is 16.0. The van der Waals surface area contributed by atoms with Gasteiger partial charge in [-0.05, 0) is 38.1 Å². The van der Waals surface area contributed by atoms with E-state index in [9.17, 15) is 8.42 Å². The van der Waals surface area contributed by atoms with E-state index in [1.54, 1.807) is 18.2 Å². The van der Waals surface area contributed by atoms with E-state index < -0.39 is 10.0 Å². The molecule has 6 nitrogen and oxygen atoms in total. The van der Waals surface area contributed by atoms with Gasteiger partial charge in [-0.3, -0.25) is 0 Å². The van der Waals surface area contributed by atoms with Crippen molar-refractivity contribution < 1.29 is 13.2 Å². The molecule has 3 aromatic rings. The third-order valence-corrected chi connectivity index (χ3v) is 6.86. The average Bonchev–Trinajstić information content (AvgIpc) is 2.67. The maximum atomic E-state index is 13.4. The van der Waals surface area contributed by atoms with Gasteiger partial charge >= 0.3 is 0 Å². The first-order valence-corrected chi connectivity index (χ1v) is 10.8. The molecule has 1 aliphatic heterocycles. The van der Waals surface area contributed by atoms with Crippen LogP contribution < -0.4 is 4.74 Å². The molecule has 146 valence electrons. The molecular formula is C21H23N3O3S. The van der Waals surface area contributed by atoms with Crippen LogP contribution in [0.2, 0.25) is 0 Å². The van der Waals surface area contributed by atoms with Crippen LogP contribution in [-0.2, 0) is 10.0 Å². The Morgan fingerprint density at radius 1 is 1.07 bits per heavy atom. The fourth-order valence-electron chi connectivity index (χ4n) is 3.69. The van der Waals surface area contributed by atoms with Gasteiger partial charge < -0.3 is 4.74 Å². The van der Waals surface area contributed by atoms with E-state index in [0.29, 0.717) is 29.7 Å². The molecule has 1 atom stereocenters. The van der Waals surface area contributed by atoms with Gasteiger partial charge in [-0.2, -0.15) is 9.29 Å². The third kappa shape index (κ3) is 3.72. The zero-order chi connectivity index (χ0) is 19.7. The smallest absolute Gasteiger partial charge is 0.243 e. The molecule has 0 saturated carbocycles. The van der Waals surface area contributed by atoms with Crippen LogP contribution in [0.25, 0.3) is 10.8 Å². The number of rotatable bonds is 4. The Morgan fingerprint density at radius 2 is 1.86 bits per heavy atom.